The number of carbonyl (C=O) groups is 4. The van der Waals surface area contributed by atoms with Gasteiger partial charge in [-0.2, -0.15) is 0 Å². The highest BCUT2D eigenvalue weighted by atomic mass is 16.2. The number of para-hydroxylation sites is 1. The van der Waals surface area contributed by atoms with E-state index in [0.717, 1.165) is 0 Å². The Balaban J connectivity index is 2.91. The molecule has 1 unspecified atom stereocenters. The van der Waals surface area contributed by atoms with Gasteiger partial charge in [-0.3, -0.25) is 19.2 Å². The number of benzene rings is 1. The van der Waals surface area contributed by atoms with Crippen molar-refractivity contribution >= 4 is 29.7 Å². The molecule has 0 aliphatic carbocycles. The molecule has 1 aromatic carbocycles. The summed E-state index contributed by atoms with van der Waals surface area (Å²) in [7, 11) is 0. The van der Waals surface area contributed by atoms with Gasteiger partial charge in [-0.25, -0.2) is 0 Å². The molecule has 20 heavy (non-hydrogen) atoms. The first kappa shape index (κ1) is 15.4. The zero-order valence-corrected chi connectivity index (χ0v) is 10.9. The van der Waals surface area contributed by atoms with E-state index in [1.807, 2.05) is 0 Å². The lowest BCUT2D eigenvalue weighted by Gasteiger charge is -2.14. The van der Waals surface area contributed by atoms with E-state index in [4.69, 9.17) is 5.73 Å². The second kappa shape index (κ2) is 7.03. The second-order valence-corrected chi connectivity index (χ2v) is 4.09. The number of hydrogen-bond acceptors (Lipinski definition) is 4. The fourth-order valence-corrected chi connectivity index (χ4v) is 1.68. The number of anilines is 1. The molecule has 0 aliphatic heterocycles. The first-order valence-corrected chi connectivity index (χ1v) is 5.84. The summed E-state index contributed by atoms with van der Waals surface area (Å²) in [4.78, 5) is 44.7. The Morgan fingerprint density at radius 3 is 2.50 bits per heavy atom. The summed E-state index contributed by atoms with van der Waals surface area (Å²) in [6, 6.07) is 5.27. The number of carbonyl (C=O) groups excluding carboxylic acids is 4. The number of hydrogen-bond donors (Lipinski definition) is 3. The molecular formula is C13H15N3O4. The van der Waals surface area contributed by atoms with Gasteiger partial charge >= 0.3 is 0 Å². The third-order valence-electron chi connectivity index (χ3n) is 2.55. The zero-order chi connectivity index (χ0) is 15.1. The summed E-state index contributed by atoms with van der Waals surface area (Å²) in [5, 5.41) is 4.70. The summed E-state index contributed by atoms with van der Waals surface area (Å²) in [6.45, 7) is 1.22. The fraction of sp³-hybridized carbons (Fsp3) is 0.231. The smallest absolute Gasteiger partial charge is 0.240 e. The molecule has 0 bridgehead atoms. The van der Waals surface area contributed by atoms with Gasteiger partial charge in [0.1, 0.15) is 6.04 Å². The highest BCUT2D eigenvalue weighted by Crippen LogP contribution is 2.17. The van der Waals surface area contributed by atoms with Crippen molar-refractivity contribution in [1.82, 2.24) is 5.32 Å². The Bertz CT molecular complexity index is 542. The summed E-state index contributed by atoms with van der Waals surface area (Å²) < 4.78 is 0. The van der Waals surface area contributed by atoms with Crippen LogP contribution < -0.4 is 16.4 Å². The number of ketones is 1. The number of amides is 3. The first-order chi connectivity index (χ1) is 9.45. The van der Waals surface area contributed by atoms with Crippen LogP contribution in [0.15, 0.2) is 24.3 Å². The van der Waals surface area contributed by atoms with Crippen LogP contribution in [0, 0.1) is 0 Å². The average molecular weight is 277 g/mol. The van der Waals surface area contributed by atoms with Gasteiger partial charge in [0.2, 0.25) is 18.2 Å². The molecule has 0 saturated heterocycles. The minimum absolute atomic E-state index is 0.246. The van der Waals surface area contributed by atoms with Crippen molar-refractivity contribution in [2.24, 2.45) is 5.73 Å². The van der Waals surface area contributed by atoms with E-state index in [1.54, 1.807) is 18.2 Å². The van der Waals surface area contributed by atoms with Gasteiger partial charge in [-0.15, -0.1) is 0 Å². The van der Waals surface area contributed by atoms with E-state index in [9.17, 15) is 19.2 Å². The average Bonchev–Trinajstić information content (AvgIpc) is 2.38. The van der Waals surface area contributed by atoms with Crippen LogP contribution in [-0.4, -0.2) is 30.0 Å². The summed E-state index contributed by atoms with van der Waals surface area (Å²) in [6.07, 6.45) is 0.179. The SMILES string of the molecule is CC(=O)NC(CC(=O)c1ccccc1NC=O)C(N)=O. The molecule has 0 spiro atoms. The standard InChI is InChI=1S/C13H15N3O4/c1-8(18)16-11(13(14)20)6-12(19)9-4-2-3-5-10(9)15-7-17/h2-5,7,11H,6H2,1H3,(H2,14,20)(H,15,17)(H,16,18). The lowest BCUT2D eigenvalue weighted by molar-refractivity contribution is -0.126. The van der Waals surface area contributed by atoms with Crippen LogP contribution in [0.25, 0.3) is 0 Å². The monoisotopic (exact) mass is 277 g/mol. The Morgan fingerprint density at radius 2 is 1.95 bits per heavy atom. The maximum absolute atomic E-state index is 12.1. The first-order valence-electron chi connectivity index (χ1n) is 5.84. The zero-order valence-electron chi connectivity index (χ0n) is 10.9. The van der Waals surface area contributed by atoms with Crippen LogP contribution in [0.2, 0.25) is 0 Å². The topological polar surface area (TPSA) is 118 Å². The number of rotatable bonds is 7. The van der Waals surface area contributed by atoms with Crippen molar-refractivity contribution < 1.29 is 19.2 Å². The predicted octanol–water partition coefficient (Wildman–Crippen LogP) is -0.182. The highest BCUT2D eigenvalue weighted by molar-refractivity contribution is 6.05. The van der Waals surface area contributed by atoms with Crippen LogP contribution in [0.4, 0.5) is 5.69 Å². The Kier molecular flexibility index (Phi) is 5.40. The maximum atomic E-state index is 12.1. The molecule has 0 fully saturated rings. The van der Waals surface area contributed by atoms with E-state index >= 15 is 0 Å². The van der Waals surface area contributed by atoms with Crippen molar-refractivity contribution in [3.05, 3.63) is 29.8 Å². The highest BCUT2D eigenvalue weighted by Gasteiger charge is 2.22. The predicted molar refractivity (Wildman–Crippen MR) is 71.9 cm³/mol. The summed E-state index contributed by atoms with van der Waals surface area (Å²) in [5.74, 6) is -1.66. The van der Waals surface area contributed by atoms with Crippen molar-refractivity contribution in [3.63, 3.8) is 0 Å². The molecule has 3 amide bonds. The molecule has 7 nitrogen and oxygen atoms in total. The molecule has 0 aliphatic rings. The van der Waals surface area contributed by atoms with Gasteiger partial charge in [-0.05, 0) is 12.1 Å². The van der Waals surface area contributed by atoms with Gasteiger partial charge in [0.15, 0.2) is 5.78 Å². The third kappa shape index (κ3) is 4.20. The Morgan fingerprint density at radius 1 is 1.30 bits per heavy atom. The molecule has 0 aromatic heterocycles. The number of primary amides is 1. The van der Waals surface area contributed by atoms with Gasteiger partial charge in [0.05, 0.1) is 5.69 Å². The van der Waals surface area contributed by atoms with E-state index < -0.39 is 23.6 Å². The van der Waals surface area contributed by atoms with Crippen LogP contribution in [-0.2, 0) is 14.4 Å². The summed E-state index contributed by atoms with van der Waals surface area (Å²) >= 11 is 0. The number of nitrogens with one attached hydrogen (secondary N) is 2. The molecule has 1 rings (SSSR count). The van der Waals surface area contributed by atoms with Crippen molar-refractivity contribution in [1.29, 1.82) is 0 Å². The van der Waals surface area contributed by atoms with Gasteiger partial charge in [0, 0.05) is 18.9 Å². The molecule has 106 valence electrons. The Hall–Kier alpha value is -2.70. The van der Waals surface area contributed by atoms with Crippen LogP contribution in [0.3, 0.4) is 0 Å². The molecule has 4 N–H and O–H groups in total. The van der Waals surface area contributed by atoms with E-state index in [0.29, 0.717) is 12.1 Å². The van der Waals surface area contributed by atoms with Gasteiger partial charge in [-0.1, -0.05) is 12.1 Å². The van der Waals surface area contributed by atoms with E-state index in [1.165, 1.54) is 13.0 Å². The summed E-state index contributed by atoms with van der Waals surface area (Å²) in [5.41, 5.74) is 5.71. The van der Waals surface area contributed by atoms with Gasteiger partial charge < -0.3 is 16.4 Å². The maximum Gasteiger partial charge on any atom is 0.240 e. The molecule has 0 saturated carbocycles. The molecule has 1 aromatic rings. The van der Waals surface area contributed by atoms with Crippen molar-refractivity contribution in [3.8, 4) is 0 Å². The lowest BCUT2D eigenvalue weighted by atomic mass is 10.0. The normalized spacial score (nSPS) is 11.2. The molecule has 7 heteroatoms. The van der Waals surface area contributed by atoms with Crippen LogP contribution in [0.1, 0.15) is 23.7 Å². The second-order valence-electron chi connectivity index (χ2n) is 4.09. The van der Waals surface area contributed by atoms with Crippen molar-refractivity contribution in [2.45, 2.75) is 19.4 Å². The minimum Gasteiger partial charge on any atom is -0.368 e. The van der Waals surface area contributed by atoms with Gasteiger partial charge in [0.25, 0.3) is 0 Å². The quantitative estimate of drug-likeness (QED) is 0.473. The molecule has 0 heterocycles. The Labute approximate surface area is 115 Å². The number of Topliss-reactive ketones (excluding diaryl/α,β-unsaturated/α-hetero) is 1. The van der Waals surface area contributed by atoms with Crippen LogP contribution >= 0.6 is 0 Å². The van der Waals surface area contributed by atoms with E-state index in [-0.39, 0.29) is 12.0 Å². The molecule has 0 radical (unpaired) electrons. The minimum atomic E-state index is -1.08. The van der Waals surface area contributed by atoms with Crippen LogP contribution in [0.5, 0.6) is 0 Å². The number of nitrogens with two attached hydrogens (primary N) is 1. The van der Waals surface area contributed by atoms with Crippen molar-refractivity contribution in [2.75, 3.05) is 5.32 Å². The lowest BCUT2D eigenvalue weighted by Crippen LogP contribution is -2.44. The molecular weight excluding hydrogens is 262 g/mol. The van der Waals surface area contributed by atoms with E-state index in [2.05, 4.69) is 10.6 Å². The fourth-order valence-electron chi connectivity index (χ4n) is 1.68. The molecule has 1 atom stereocenters. The largest absolute Gasteiger partial charge is 0.368 e. The third-order valence-corrected chi connectivity index (χ3v) is 2.55.